The molecule has 0 aromatic heterocycles. The third-order valence-electron chi connectivity index (χ3n) is 3.46. The lowest BCUT2D eigenvalue weighted by atomic mass is 9.99. The Morgan fingerprint density at radius 1 is 0.950 bits per heavy atom. The molecule has 20 heavy (non-hydrogen) atoms. The number of carbonyl (C=O) groups is 1. The molecular formula is C17H37O2P. The summed E-state index contributed by atoms with van der Waals surface area (Å²) in [6.07, 6.45) is 17.2. The van der Waals surface area contributed by atoms with Gasteiger partial charge in [-0.15, -0.1) is 9.24 Å². The summed E-state index contributed by atoms with van der Waals surface area (Å²) in [6, 6.07) is 0. The third-order valence-corrected chi connectivity index (χ3v) is 3.79. The van der Waals surface area contributed by atoms with E-state index in [2.05, 4.69) is 23.1 Å². The van der Waals surface area contributed by atoms with Gasteiger partial charge < -0.3 is 5.11 Å². The first-order chi connectivity index (χ1) is 9.54. The number of carboxylic acids is 1. The SMILES string of the molecule is CC(=O)O.CCCCCCCCCCCC(C)CCP. The summed E-state index contributed by atoms with van der Waals surface area (Å²) in [5, 5.41) is 7.42. The molecule has 3 heteroatoms. The molecule has 0 bridgehead atoms. The zero-order chi connectivity index (χ0) is 15.6. The Bertz CT molecular complexity index is 191. The Balaban J connectivity index is 0. The normalized spacial score (nSPS) is 11.6. The van der Waals surface area contributed by atoms with Crippen molar-refractivity contribution >= 4 is 15.2 Å². The predicted octanol–water partition coefficient (Wildman–Crippen LogP) is 5.90. The molecule has 0 aromatic carbocycles. The number of unbranched alkanes of at least 4 members (excludes halogenated alkanes) is 8. The van der Waals surface area contributed by atoms with Crippen molar-refractivity contribution in [3.05, 3.63) is 0 Å². The molecule has 0 aromatic rings. The van der Waals surface area contributed by atoms with E-state index in [1.807, 2.05) is 0 Å². The van der Waals surface area contributed by atoms with Gasteiger partial charge in [-0.25, -0.2) is 0 Å². The number of rotatable bonds is 12. The molecule has 0 rings (SSSR count). The molecular weight excluding hydrogens is 267 g/mol. The van der Waals surface area contributed by atoms with E-state index in [4.69, 9.17) is 9.90 Å². The van der Waals surface area contributed by atoms with Crippen molar-refractivity contribution in [1.29, 1.82) is 0 Å². The van der Waals surface area contributed by atoms with Crippen LogP contribution in [0.3, 0.4) is 0 Å². The maximum Gasteiger partial charge on any atom is 0.300 e. The average molecular weight is 304 g/mol. The van der Waals surface area contributed by atoms with Crippen molar-refractivity contribution in [2.75, 3.05) is 6.16 Å². The molecule has 0 fully saturated rings. The van der Waals surface area contributed by atoms with Crippen molar-refractivity contribution in [2.45, 2.75) is 91.4 Å². The van der Waals surface area contributed by atoms with Gasteiger partial charge in [0.1, 0.15) is 0 Å². The summed E-state index contributed by atoms with van der Waals surface area (Å²) in [4.78, 5) is 9.00. The van der Waals surface area contributed by atoms with E-state index in [0.29, 0.717) is 0 Å². The van der Waals surface area contributed by atoms with E-state index in [0.717, 1.165) is 12.8 Å². The van der Waals surface area contributed by atoms with E-state index in [9.17, 15) is 0 Å². The molecule has 0 amide bonds. The number of hydrogen-bond donors (Lipinski definition) is 1. The van der Waals surface area contributed by atoms with Gasteiger partial charge >= 0.3 is 0 Å². The third kappa shape index (κ3) is 26.5. The summed E-state index contributed by atoms with van der Waals surface area (Å²) in [7, 11) is 2.84. The first-order valence-electron chi connectivity index (χ1n) is 8.44. The molecule has 0 spiro atoms. The smallest absolute Gasteiger partial charge is 0.300 e. The average Bonchev–Trinajstić information content (AvgIpc) is 2.36. The molecule has 1 N–H and O–H groups in total. The Hall–Kier alpha value is -0.100. The molecule has 2 atom stereocenters. The van der Waals surface area contributed by atoms with Crippen molar-refractivity contribution in [1.82, 2.24) is 0 Å². The minimum Gasteiger partial charge on any atom is -0.481 e. The van der Waals surface area contributed by atoms with Gasteiger partial charge in [0.2, 0.25) is 0 Å². The fourth-order valence-corrected chi connectivity index (χ4v) is 2.80. The molecule has 122 valence electrons. The highest BCUT2D eigenvalue weighted by molar-refractivity contribution is 7.16. The number of hydrogen-bond acceptors (Lipinski definition) is 1. The van der Waals surface area contributed by atoms with Crippen LogP contribution in [0.25, 0.3) is 0 Å². The predicted molar refractivity (Wildman–Crippen MR) is 93.5 cm³/mol. The Labute approximate surface area is 129 Å². The zero-order valence-electron chi connectivity index (χ0n) is 14.0. The summed E-state index contributed by atoms with van der Waals surface area (Å²) >= 11 is 0. The Morgan fingerprint density at radius 2 is 1.35 bits per heavy atom. The minimum absolute atomic E-state index is 0.833. The fraction of sp³-hybridized carbons (Fsp3) is 0.941. The van der Waals surface area contributed by atoms with Gasteiger partial charge in [-0.2, -0.15) is 0 Å². The summed E-state index contributed by atoms with van der Waals surface area (Å²) in [5.74, 6) is 0.113. The molecule has 0 saturated heterocycles. The number of carboxylic acid groups (broad SMARTS) is 1. The van der Waals surface area contributed by atoms with E-state index < -0.39 is 5.97 Å². The van der Waals surface area contributed by atoms with Crippen LogP contribution >= 0.6 is 9.24 Å². The van der Waals surface area contributed by atoms with Crippen LogP contribution in [0.2, 0.25) is 0 Å². The van der Waals surface area contributed by atoms with Gasteiger partial charge in [-0.3, -0.25) is 4.79 Å². The van der Waals surface area contributed by atoms with Gasteiger partial charge in [-0.05, 0) is 18.5 Å². The second-order valence-electron chi connectivity index (χ2n) is 5.82. The van der Waals surface area contributed by atoms with Crippen LogP contribution in [0.15, 0.2) is 0 Å². The summed E-state index contributed by atoms with van der Waals surface area (Å²) in [6.45, 7) is 5.77. The number of aliphatic carboxylic acids is 1. The largest absolute Gasteiger partial charge is 0.481 e. The molecule has 0 aliphatic rings. The molecule has 2 nitrogen and oxygen atoms in total. The van der Waals surface area contributed by atoms with Crippen LogP contribution in [0.1, 0.15) is 91.4 Å². The van der Waals surface area contributed by atoms with E-state index in [1.54, 1.807) is 0 Å². The van der Waals surface area contributed by atoms with E-state index >= 15 is 0 Å². The molecule has 0 heterocycles. The molecule has 0 aliphatic heterocycles. The van der Waals surface area contributed by atoms with Crippen LogP contribution in [-0.4, -0.2) is 17.2 Å². The lowest BCUT2D eigenvalue weighted by Gasteiger charge is -2.09. The topological polar surface area (TPSA) is 37.3 Å². The quantitative estimate of drug-likeness (QED) is 0.360. The standard InChI is InChI=1S/C15H33P.C2H4O2/c1-3-4-5-6-7-8-9-10-11-12-15(2)13-14-16;1-2(3)4/h15H,3-14,16H2,1-2H3;1H3,(H,3,4). The molecule has 0 aliphatic carbocycles. The highest BCUT2D eigenvalue weighted by Gasteiger charge is 1.99. The maximum atomic E-state index is 9.00. The highest BCUT2D eigenvalue weighted by atomic mass is 31.0. The van der Waals surface area contributed by atoms with Crippen molar-refractivity contribution in [3.8, 4) is 0 Å². The van der Waals surface area contributed by atoms with Crippen molar-refractivity contribution in [2.24, 2.45) is 5.92 Å². The van der Waals surface area contributed by atoms with Gasteiger partial charge in [0, 0.05) is 6.92 Å². The maximum absolute atomic E-state index is 9.00. The second-order valence-corrected chi connectivity index (χ2v) is 6.40. The van der Waals surface area contributed by atoms with Gasteiger partial charge in [0.25, 0.3) is 5.97 Å². The van der Waals surface area contributed by atoms with Crippen LogP contribution in [0, 0.1) is 5.92 Å². The Morgan fingerprint density at radius 3 is 1.75 bits per heavy atom. The first kappa shape index (κ1) is 22.2. The van der Waals surface area contributed by atoms with E-state index in [1.165, 1.54) is 76.8 Å². The lowest BCUT2D eigenvalue weighted by molar-refractivity contribution is -0.134. The van der Waals surface area contributed by atoms with Crippen molar-refractivity contribution in [3.63, 3.8) is 0 Å². The minimum atomic E-state index is -0.833. The fourth-order valence-electron chi connectivity index (χ4n) is 2.23. The monoisotopic (exact) mass is 304 g/mol. The van der Waals surface area contributed by atoms with Crippen LogP contribution in [-0.2, 0) is 4.79 Å². The lowest BCUT2D eigenvalue weighted by Crippen LogP contribution is -1.95. The van der Waals surface area contributed by atoms with Gasteiger partial charge in [0.15, 0.2) is 0 Å². The second kappa shape index (κ2) is 18.9. The van der Waals surface area contributed by atoms with E-state index in [-0.39, 0.29) is 0 Å². The Kier molecular flexibility index (Phi) is 21.0. The van der Waals surface area contributed by atoms with Crippen molar-refractivity contribution < 1.29 is 9.90 Å². The van der Waals surface area contributed by atoms with Crippen LogP contribution < -0.4 is 0 Å². The highest BCUT2D eigenvalue weighted by Crippen LogP contribution is 2.16. The molecule has 0 radical (unpaired) electrons. The first-order valence-corrected chi connectivity index (χ1v) is 9.25. The molecule has 0 saturated carbocycles. The van der Waals surface area contributed by atoms with Gasteiger partial charge in [-0.1, -0.05) is 78.1 Å². The molecule has 2 unspecified atom stereocenters. The summed E-state index contributed by atoms with van der Waals surface area (Å²) < 4.78 is 0. The summed E-state index contributed by atoms with van der Waals surface area (Å²) in [5.41, 5.74) is 0. The van der Waals surface area contributed by atoms with Gasteiger partial charge in [0.05, 0.1) is 0 Å². The van der Waals surface area contributed by atoms with Crippen LogP contribution in [0.4, 0.5) is 0 Å². The zero-order valence-corrected chi connectivity index (χ0v) is 15.2. The van der Waals surface area contributed by atoms with Crippen LogP contribution in [0.5, 0.6) is 0 Å².